The highest BCUT2D eigenvalue weighted by Gasteiger charge is 2.28. The van der Waals surface area contributed by atoms with Crippen molar-refractivity contribution in [1.82, 2.24) is 10.2 Å². The Kier molecular flexibility index (Phi) is 5.74. The molecule has 2 aromatic rings. The average molecular weight is 372 g/mol. The molecule has 1 fully saturated rings. The third kappa shape index (κ3) is 4.14. The first kappa shape index (κ1) is 18.6. The van der Waals surface area contributed by atoms with Crippen LogP contribution < -0.4 is 5.32 Å². The van der Waals surface area contributed by atoms with E-state index in [0.717, 1.165) is 13.0 Å². The van der Waals surface area contributed by atoms with Gasteiger partial charge in [0, 0.05) is 18.7 Å². The molecular weight excluding hydrogens is 348 g/mol. The van der Waals surface area contributed by atoms with E-state index in [4.69, 9.17) is 0 Å². The van der Waals surface area contributed by atoms with Crippen LogP contribution in [0, 0.1) is 5.92 Å². The van der Waals surface area contributed by atoms with Crippen molar-refractivity contribution in [2.45, 2.75) is 17.1 Å². The minimum Gasteiger partial charge on any atom is -0.338 e. The summed E-state index contributed by atoms with van der Waals surface area (Å²) in [4.78, 5) is 15.1. The van der Waals surface area contributed by atoms with E-state index in [1.807, 2.05) is 11.9 Å². The van der Waals surface area contributed by atoms with Crippen LogP contribution >= 0.6 is 0 Å². The molecule has 5 nitrogen and oxygen atoms in total. The van der Waals surface area contributed by atoms with E-state index >= 15 is 0 Å². The lowest BCUT2D eigenvalue weighted by atomic mass is 10.1. The number of amides is 1. The van der Waals surface area contributed by atoms with Crippen LogP contribution in [0.4, 0.5) is 0 Å². The largest absolute Gasteiger partial charge is 0.338 e. The summed E-state index contributed by atoms with van der Waals surface area (Å²) in [5, 5.41) is 3.15. The van der Waals surface area contributed by atoms with Gasteiger partial charge in [-0.1, -0.05) is 36.4 Å². The van der Waals surface area contributed by atoms with Crippen molar-refractivity contribution in [2.75, 3.05) is 26.7 Å². The molecule has 1 saturated heterocycles. The van der Waals surface area contributed by atoms with Crippen LogP contribution in [-0.2, 0) is 15.6 Å². The van der Waals surface area contributed by atoms with Crippen LogP contribution in [0.1, 0.15) is 22.3 Å². The number of carbonyl (C=O) groups excluding carboxylic acids is 1. The van der Waals surface area contributed by atoms with Crippen molar-refractivity contribution in [3.05, 3.63) is 65.7 Å². The number of carbonyl (C=O) groups is 1. The van der Waals surface area contributed by atoms with E-state index < -0.39 is 9.84 Å². The minimum atomic E-state index is -3.49. The standard InChI is InChI=1S/C20H24N2O3S/c1-21-13-16-11-12-22(14-16)20(23)19-10-6-5-7-17(19)15-26(24,25)18-8-3-2-4-9-18/h2-10,16,21H,11-15H2,1H3/t16-/m1/s1. The Morgan fingerprint density at radius 1 is 1.12 bits per heavy atom. The zero-order valence-corrected chi connectivity index (χ0v) is 15.7. The first-order valence-corrected chi connectivity index (χ1v) is 10.5. The van der Waals surface area contributed by atoms with Crippen molar-refractivity contribution in [3.63, 3.8) is 0 Å². The molecule has 1 aliphatic rings. The maximum absolute atomic E-state index is 13.0. The van der Waals surface area contributed by atoms with Gasteiger partial charge in [0.2, 0.25) is 0 Å². The van der Waals surface area contributed by atoms with Gasteiger partial charge in [0.05, 0.1) is 10.6 Å². The molecule has 0 bridgehead atoms. The van der Waals surface area contributed by atoms with Crippen molar-refractivity contribution < 1.29 is 13.2 Å². The third-order valence-corrected chi connectivity index (χ3v) is 6.44. The molecule has 26 heavy (non-hydrogen) atoms. The van der Waals surface area contributed by atoms with Crippen molar-refractivity contribution in [1.29, 1.82) is 0 Å². The predicted molar refractivity (Wildman–Crippen MR) is 102 cm³/mol. The molecule has 0 aromatic heterocycles. The molecule has 0 spiro atoms. The van der Waals surface area contributed by atoms with Crippen LogP contribution in [0.15, 0.2) is 59.5 Å². The van der Waals surface area contributed by atoms with Crippen LogP contribution in [0.2, 0.25) is 0 Å². The van der Waals surface area contributed by atoms with Gasteiger partial charge in [-0.3, -0.25) is 4.79 Å². The molecule has 1 heterocycles. The topological polar surface area (TPSA) is 66.5 Å². The van der Waals surface area contributed by atoms with Crippen LogP contribution in [0.5, 0.6) is 0 Å². The van der Waals surface area contributed by atoms with Gasteiger partial charge in [-0.25, -0.2) is 8.42 Å². The molecule has 1 amide bonds. The third-order valence-electron chi connectivity index (χ3n) is 4.76. The van der Waals surface area contributed by atoms with Crippen molar-refractivity contribution in [3.8, 4) is 0 Å². The summed E-state index contributed by atoms with van der Waals surface area (Å²) in [6, 6.07) is 15.4. The molecule has 0 unspecified atom stereocenters. The second kappa shape index (κ2) is 8.01. The molecule has 138 valence electrons. The van der Waals surface area contributed by atoms with Gasteiger partial charge in [0.25, 0.3) is 5.91 Å². The molecule has 1 aliphatic heterocycles. The Morgan fingerprint density at radius 3 is 2.54 bits per heavy atom. The van der Waals surface area contributed by atoms with Gasteiger partial charge in [-0.2, -0.15) is 0 Å². The number of benzene rings is 2. The second-order valence-corrected chi connectivity index (χ2v) is 8.68. The number of rotatable bonds is 6. The van der Waals surface area contributed by atoms with Gasteiger partial charge >= 0.3 is 0 Å². The zero-order valence-electron chi connectivity index (χ0n) is 14.9. The fraction of sp³-hybridized carbons (Fsp3) is 0.350. The Hall–Kier alpha value is -2.18. The molecule has 3 rings (SSSR count). The van der Waals surface area contributed by atoms with E-state index in [1.54, 1.807) is 54.6 Å². The van der Waals surface area contributed by atoms with Crippen LogP contribution in [-0.4, -0.2) is 45.9 Å². The summed E-state index contributed by atoms with van der Waals surface area (Å²) in [5.41, 5.74) is 1.04. The molecule has 1 N–H and O–H groups in total. The Labute approximate surface area is 154 Å². The van der Waals surface area contributed by atoms with E-state index in [9.17, 15) is 13.2 Å². The molecule has 0 radical (unpaired) electrons. The predicted octanol–water partition coefficient (Wildman–Crippen LogP) is 2.34. The van der Waals surface area contributed by atoms with Crippen LogP contribution in [0.3, 0.4) is 0 Å². The summed E-state index contributed by atoms with van der Waals surface area (Å²) in [6.07, 6.45) is 0.969. The maximum atomic E-state index is 13.0. The van der Waals surface area contributed by atoms with Crippen LogP contribution in [0.25, 0.3) is 0 Å². The summed E-state index contributed by atoms with van der Waals surface area (Å²) in [6.45, 7) is 2.30. The molecule has 0 saturated carbocycles. The van der Waals surface area contributed by atoms with Gasteiger partial charge in [-0.15, -0.1) is 0 Å². The first-order chi connectivity index (χ1) is 12.5. The maximum Gasteiger partial charge on any atom is 0.254 e. The highest BCUT2D eigenvalue weighted by atomic mass is 32.2. The fourth-order valence-corrected chi connectivity index (χ4v) is 4.81. The Bertz CT molecular complexity index is 866. The highest BCUT2D eigenvalue weighted by molar-refractivity contribution is 7.90. The quantitative estimate of drug-likeness (QED) is 0.845. The second-order valence-electron chi connectivity index (χ2n) is 6.69. The van der Waals surface area contributed by atoms with E-state index in [-0.39, 0.29) is 16.6 Å². The smallest absolute Gasteiger partial charge is 0.254 e. The number of nitrogens with zero attached hydrogens (tertiary/aromatic N) is 1. The summed E-state index contributed by atoms with van der Waals surface area (Å²) < 4.78 is 25.4. The van der Waals surface area contributed by atoms with Gasteiger partial charge in [0.1, 0.15) is 0 Å². The number of hydrogen-bond acceptors (Lipinski definition) is 4. The van der Waals surface area contributed by atoms with Gasteiger partial charge < -0.3 is 10.2 Å². The molecule has 0 aliphatic carbocycles. The van der Waals surface area contributed by atoms with E-state index in [0.29, 0.717) is 30.1 Å². The van der Waals surface area contributed by atoms with E-state index in [1.165, 1.54) is 0 Å². The molecule has 6 heteroatoms. The van der Waals surface area contributed by atoms with Crippen molar-refractivity contribution in [2.24, 2.45) is 5.92 Å². The minimum absolute atomic E-state index is 0.0811. The summed E-state index contributed by atoms with van der Waals surface area (Å²) in [7, 11) is -1.58. The normalized spacial score (nSPS) is 17.4. The number of nitrogens with one attached hydrogen (secondary N) is 1. The number of hydrogen-bond donors (Lipinski definition) is 1. The zero-order chi connectivity index (χ0) is 18.6. The lowest BCUT2D eigenvalue weighted by Gasteiger charge is -2.19. The number of sulfone groups is 1. The van der Waals surface area contributed by atoms with Gasteiger partial charge in [0.15, 0.2) is 9.84 Å². The first-order valence-electron chi connectivity index (χ1n) is 8.81. The lowest BCUT2D eigenvalue weighted by Crippen LogP contribution is -2.31. The monoisotopic (exact) mass is 372 g/mol. The SMILES string of the molecule is CNC[C@H]1CCN(C(=O)c2ccccc2CS(=O)(=O)c2ccccc2)C1. The molecular formula is C20H24N2O3S. The van der Waals surface area contributed by atoms with E-state index in [2.05, 4.69) is 5.32 Å². The average Bonchev–Trinajstić information content (AvgIpc) is 3.11. The fourth-order valence-electron chi connectivity index (χ4n) is 3.41. The molecule has 1 atom stereocenters. The summed E-state index contributed by atoms with van der Waals surface area (Å²) >= 11 is 0. The van der Waals surface area contributed by atoms with Crippen molar-refractivity contribution >= 4 is 15.7 Å². The highest BCUT2D eigenvalue weighted by Crippen LogP contribution is 2.23. The molecule has 2 aromatic carbocycles. The summed E-state index contributed by atoms with van der Waals surface area (Å²) in [5.74, 6) is 0.193. The number of likely N-dealkylation sites (tertiary alicyclic amines) is 1. The van der Waals surface area contributed by atoms with Gasteiger partial charge in [-0.05, 0) is 49.7 Å². The lowest BCUT2D eigenvalue weighted by molar-refractivity contribution is 0.0786. The Morgan fingerprint density at radius 2 is 1.81 bits per heavy atom. The Balaban J connectivity index is 1.82.